The molecule has 1 unspecified atom stereocenters. The van der Waals surface area contributed by atoms with Gasteiger partial charge in [-0.3, -0.25) is 14.5 Å². The fourth-order valence-corrected chi connectivity index (χ4v) is 3.21. The van der Waals surface area contributed by atoms with E-state index in [4.69, 9.17) is 4.74 Å². The number of carbonyl (C=O) groups excluding carboxylic acids is 1. The Morgan fingerprint density at radius 2 is 2.08 bits per heavy atom. The number of ether oxygens (including phenoxy) is 1. The minimum absolute atomic E-state index is 0.0337. The predicted molar refractivity (Wildman–Crippen MR) is 98.0 cm³/mol. The lowest BCUT2D eigenvalue weighted by atomic mass is 10.0. The lowest BCUT2D eigenvalue weighted by molar-refractivity contribution is -0.123. The smallest absolute Gasteiger partial charge is 0.270 e. The topological polar surface area (TPSA) is 76.5 Å². The van der Waals surface area contributed by atoms with E-state index in [9.17, 15) is 9.59 Å². The van der Waals surface area contributed by atoms with E-state index in [1.807, 2.05) is 36.1 Å². The van der Waals surface area contributed by atoms with Crippen LogP contribution < -0.4 is 15.6 Å². The summed E-state index contributed by atoms with van der Waals surface area (Å²) in [6, 6.07) is 7.57. The second-order valence-corrected chi connectivity index (χ2v) is 6.60. The third-order valence-electron chi connectivity index (χ3n) is 4.76. The number of nitrogens with zero attached hydrogens (tertiary/aromatic N) is 3. The van der Waals surface area contributed by atoms with Gasteiger partial charge < -0.3 is 10.1 Å². The van der Waals surface area contributed by atoms with Crippen LogP contribution in [0.1, 0.15) is 29.7 Å². The van der Waals surface area contributed by atoms with Crippen LogP contribution in [-0.2, 0) is 24.8 Å². The Labute approximate surface area is 152 Å². The molecule has 7 heteroatoms. The van der Waals surface area contributed by atoms with Crippen molar-refractivity contribution < 1.29 is 9.53 Å². The minimum Gasteiger partial charge on any atom is -0.497 e. The molecule has 2 aromatic rings. The van der Waals surface area contributed by atoms with Crippen molar-refractivity contribution in [3.8, 4) is 5.75 Å². The van der Waals surface area contributed by atoms with Crippen LogP contribution in [0.25, 0.3) is 0 Å². The van der Waals surface area contributed by atoms with Crippen LogP contribution in [0.4, 0.5) is 0 Å². The number of hydrogen-bond acceptors (Lipinski definition) is 5. The van der Waals surface area contributed by atoms with Crippen LogP contribution in [0, 0.1) is 0 Å². The van der Waals surface area contributed by atoms with Crippen molar-refractivity contribution in [2.45, 2.75) is 25.9 Å². The molecule has 0 spiro atoms. The maximum Gasteiger partial charge on any atom is 0.270 e. The van der Waals surface area contributed by atoms with E-state index in [1.54, 1.807) is 20.4 Å². The maximum absolute atomic E-state index is 12.4. The van der Waals surface area contributed by atoms with Crippen molar-refractivity contribution in [2.75, 3.05) is 20.2 Å². The van der Waals surface area contributed by atoms with Gasteiger partial charge in [0, 0.05) is 25.7 Å². The van der Waals surface area contributed by atoms with Crippen molar-refractivity contribution in [1.82, 2.24) is 20.0 Å². The highest BCUT2D eigenvalue weighted by molar-refractivity contribution is 5.78. The van der Waals surface area contributed by atoms with Crippen LogP contribution in [-0.4, -0.2) is 40.8 Å². The summed E-state index contributed by atoms with van der Waals surface area (Å²) in [7, 11) is 3.28. The SMILES string of the molecule is COc1ccc(C(C)NC(=O)CN2CCc3c(cnn(C)c3=O)C2)cc1. The van der Waals surface area contributed by atoms with Crippen molar-refractivity contribution in [3.05, 3.63) is 57.5 Å². The fraction of sp³-hybridized carbons (Fsp3) is 0.421. The molecule has 2 heterocycles. The zero-order chi connectivity index (χ0) is 18.7. The second-order valence-electron chi connectivity index (χ2n) is 6.60. The monoisotopic (exact) mass is 356 g/mol. The Hall–Kier alpha value is -2.67. The molecule has 1 aliphatic rings. The van der Waals surface area contributed by atoms with E-state index >= 15 is 0 Å². The molecule has 1 atom stereocenters. The molecule has 138 valence electrons. The second kappa shape index (κ2) is 7.70. The standard InChI is InChI=1S/C19H24N4O3/c1-13(14-4-6-16(26-3)7-5-14)21-18(24)12-23-9-8-17-15(11-23)10-20-22(2)19(17)25/h4-7,10,13H,8-9,11-12H2,1-3H3,(H,21,24). The minimum atomic E-state index is -0.0838. The number of hydrogen-bond donors (Lipinski definition) is 1. The van der Waals surface area contributed by atoms with Crippen LogP contribution in [0.2, 0.25) is 0 Å². The Balaban J connectivity index is 1.58. The summed E-state index contributed by atoms with van der Waals surface area (Å²) in [5.41, 5.74) is 2.71. The molecule has 3 rings (SSSR count). The first kappa shape index (κ1) is 18.1. The van der Waals surface area contributed by atoms with Crippen molar-refractivity contribution in [2.24, 2.45) is 7.05 Å². The van der Waals surface area contributed by atoms with Gasteiger partial charge in [0.25, 0.3) is 5.56 Å². The normalized spacial score (nSPS) is 15.2. The summed E-state index contributed by atoms with van der Waals surface area (Å²) in [5.74, 6) is 0.757. The zero-order valence-corrected chi connectivity index (χ0v) is 15.4. The van der Waals surface area contributed by atoms with Gasteiger partial charge in [0.05, 0.1) is 25.9 Å². The third-order valence-corrected chi connectivity index (χ3v) is 4.76. The number of aromatic nitrogens is 2. The Morgan fingerprint density at radius 3 is 2.77 bits per heavy atom. The fourth-order valence-electron chi connectivity index (χ4n) is 3.21. The lowest BCUT2D eigenvalue weighted by Gasteiger charge is -2.28. The average molecular weight is 356 g/mol. The molecule has 1 aromatic carbocycles. The number of nitrogens with one attached hydrogen (secondary N) is 1. The van der Waals surface area contributed by atoms with Crippen LogP contribution in [0.15, 0.2) is 35.3 Å². The zero-order valence-electron chi connectivity index (χ0n) is 15.4. The molecule has 1 N–H and O–H groups in total. The van der Waals surface area contributed by atoms with Gasteiger partial charge in [0.2, 0.25) is 5.91 Å². The predicted octanol–water partition coefficient (Wildman–Crippen LogP) is 1.02. The van der Waals surface area contributed by atoms with E-state index in [1.165, 1.54) is 4.68 Å². The molecule has 1 aliphatic heterocycles. The molecule has 26 heavy (non-hydrogen) atoms. The summed E-state index contributed by atoms with van der Waals surface area (Å²) < 4.78 is 6.51. The molecule has 0 aliphatic carbocycles. The highest BCUT2D eigenvalue weighted by Crippen LogP contribution is 2.18. The van der Waals surface area contributed by atoms with Crippen LogP contribution in [0.5, 0.6) is 5.75 Å². The quantitative estimate of drug-likeness (QED) is 0.866. The van der Waals surface area contributed by atoms with E-state index < -0.39 is 0 Å². The molecule has 7 nitrogen and oxygen atoms in total. The van der Waals surface area contributed by atoms with E-state index in [0.717, 1.165) is 22.4 Å². The van der Waals surface area contributed by atoms with E-state index in [0.29, 0.717) is 26.1 Å². The summed E-state index contributed by atoms with van der Waals surface area (Å²) in [6.45, 7) is 3.52. The number of carbonyl (C=O) groups is 1. The number of aryl methyl sites for hydroxylation is 1. The molecular weight excluding hydrogens is 332 g/mol. The van der Waals surface area contributed by atoms with Gasteiger partial charge in [-0.1, -0.05) is 12.1 Å². The van der Waals surface area contributed by atoms with Gasteiger partial charge in [0.15, 0.2) is 0 Å². The third kappa shape index (κ3) is 3.94. The maximum atomic E-state index is 12.4. The van der Waals surface area contributed by atoms with Crippen molar-refractivity contribution >= 4 is 5.91 Å². The van der Waals surface area contributed by atoms with Crippen molar-refractivity contribution in [1.29, 1.82) is 0 Å². The number of benzene rings is 1. The summed E-state index contributed by atoms with van der Waals surface area (Å²) >= 11 is 0. The molecule has 1 amide bonds. The number of fused-ring (bicyclic) bond motifs is 1. The highest BCUT2D eigenvalue weighted by Gasteiger charge is 2.22. The molecule has 0 saturated heterocycles. The van der Waals surface area contributed by atoms with Crippen LogP contribution in [0.3, 0.4) is 0 Å². The van der Waals surface area contributed by atoms with E-state index in [2.05, 4.69) is 10.4 Å². The van der Waals surface area contributed by atoms with Gasteiger partial charge in [-0.05, 0) is 36.6 Å². The molecule has 0 radical (unpaired) electrons. The van der Waals surface area contributed by atoms with Gasteiger partial charge in [-0.2, -0.15) is 5.10 Å². The molecular formula is C19H24N4O3. The lowest BCUT2D eigenvalue weighted by Crippen LogP contribution is -2.42. The van der Waals surface area contributed by atoms with Gasteiger partial charge >= 0.3 is 0 Å². The molecule has 0 saturated carbocycles. The first-order valence-corrected chi connectivity index (χ1v) is 8.67. The Kier molecular flexibility index (Phi) is 5.37. The Morgan fingerprint density at radius 1 is 1.35 bits per heavy atom. The largest absolute Gasteiger partial charge is 0.497 e. The molecule has 0 bridgehead atoms. The Bertz CT molecular complexity index is 845. The van der Waals surface area contributed by atoms with Crippen LogP contribution >= 0.6 is 0 Å². The average Bonchev–Trinajstić information content (AvgIpc) is 2.64. The number of rotatable bonds is 5. The van der Waals surface area contributed by atoms with Crippen molar-refractivity contribution in [3.63, 3.8) is 0 Å². The highest BCUT2D eigenvalue weighted by atomic mass is 16.5. The van der Waals surface area contributed by atoms with Gasteiger partial charge in [0.1, 0.15) is 5.75 Å². The molecule has 1 aromatic heterocycles. The first-order chi connectivity index (χ1) is 12.5. The van der Waals surface area contributed by atoms with Gasteiger partial charge in [-0.15, -0.1) is 0 Å². The number of amides is 1. The summed E-state index contributed by atoms with van der Waals surface area (Å²) in [6.07, 6.45) is 2.37. The molecule has 0 fully saturated rings. The number of methoxy groups -OCH3 is 1. The summed E-state index contributed by atoms with van der Waals surface area (Å²) in [4.78, 5) is 26.5. The summed E-state index contributed by atoms with van der Waals surface area (Å²) in [5, 5.41) is 7.10. The van der Waals surface area contributed by atoms with E-state index in [-0.39, 0.29) is 17.5 Å². The first-order valence-electron chi connectivity index (χ1n) is 8.67. The van der Waals surface area contributed by atoms with Gasteiger partial charge in [-0.25, -0.2) is 4.68 Å².